The van der Waals surface area contributed by atoms with Gasteiger partial charge in [0.2, 0.25) is 0 Å². The van der Waals surface area contributed by atoms with Crippen molar-refractivity contribution >= 4 is 0 Å². The molecule has 0 rings (SSSR count). The van der Waals surface area contributed by atoms with E-state index in [9.17, 15) is 0 Å². The van der Waals surface area contributed by atoms with Crippen molar-refractivity contribution in [3.8, 4) is 0 Å². The minimum absolute atomic E-state index is 0.270. The molecular weight excluding hydrogens is 188 g/mol. The van der Waals surface area contributed by atoms with Gasteiger partial charge >= 0.3 is 0 Å². The van der Waals surface area contributed by atoms with Crippen molar-refractivity contribution in [2.75, 3.05) is 27.3 Å². The Morgan fingerprint density at radius 3 is 2.33 bits per heavy atom. The molecular formula is C12H28N2O. The van der Waals surface area contributed by atoms with E-state index in [4.69, 9.17) is 10.5 Å². The van der Waals surface area contributed by atoms with Crippen LogP contribution in [0.15, 0.2) is 0 Å². The number of nitrogens with two attached hydrogens (primary N) is 1. The lowest BCUT2D eigenvalue weighted by molar-refractivity contribution is 0.174. The Kier molecular flexibility index (Phi) is 8.02. The van der Waals surface area contributed by atoms with E-state index in [2.05, 4.69) is 32.7 Å². The summed E-state index contributed by atoms with van der Waals surface area (Å²) in [4.78, 5) is 2.35. The Balaban J connectivity index is 3.70. The van der Waals surface area contributed by atoms with Crippen LogP contribution in [0.1, 0.15) is 33.6 Å². The lowest BCUT2D eigenvalue weighted by Gasteiger charge is -2.30. The number of rotatable bonds is 8. The zero-order valence-electron chi connectivity index (χ0n) is 11.0. The van der Waals surface area contributed by atoms with E-state index < -0.39 is 0 Å². The van der Waals surface area contributed by atoms with Gasteiger partial charge in [-0.3, -0.25) is 0 Å². The van der Waals surface area contributed by atoms with Gasteiger partial charge in [0.15, 0.2) is 0 Å². The molecule has 2 atom stereocenters. The largest absolute Gasteiger partial charge is 0.385 e. The predicted molar refractivity (Wildman–Crippen MR) is 66.0 cm³/mol. The molecule has 2 N–H and O–H groups in total. The third-order valence-corrected chi connectivity index (χ3v) is 3.11. The Labute approximate surface area is 95.0 Å². The SMILES string of the molecule is COCCCC(N)CN(C)C(C)C(C)C. The molecule has 0 aromatic rings. The quantitative estimate of drug-likeness (QED) is 0.628. The molecule has 3 nitrogen and oxygen atoms in total. The number of ether oxygens (including phenoxy) is 1. The third-order valence-electron chi connectivity index (χ3n) is 3.11. The van der Waals surface area contributed by atoms with Gasteiger partial charge in [-0.15, -0.1) is 0 Å². The first-order valence-electron chi connectivity index (χ1n) is 5.93. The van der Waals surface area contributed by atoms with Crippen LogP contribution < -0.4 is 5.73 Å². The van der Waals surface area contributed by atoms with Crippen molar-refractivity contribution in [2.24, 2.45) is 11.7 Å². The number of nitrogens with zero attached hydrogens (tertiary/aromatic N) is 1. The molecule has 0 aliphatic carbocycles. The first-order chi connectivity index (χ1) is 6.99. The van der Waals surface area contributed by atoms with Crippen LogP contribution in [0.3, 0.4) is 0 Å². The van der Waals surface area contributed by atoms with E-state index in [0.29, 0.717) is 12.0 Å². The van der Waals surface area contributed by atoms with Gasteiger partial charge in [0.25, 0.3) is 0 Å². The average molecular weight is 216 g/mol. The zero-order valence-corrected chi connectivity index (χ0v) is 11.0. The number of hydrogen-bond acceptors (Lipinski definition) is 3. The summed E-state index contributed by atoms with van der Waals surface area (Å²) in [5, 5.41) is 0. The zero-order chi connectivity index (χ0) is 11.8. The molecule has 0 radical (unpaired) electrons. The highest BCUT2D eigenvalue weighted by atomic mass is 16.5. The number of likely N-dealkylation sites (N-methyl/N-ethyl adjacent to an activating group) is 1. The molecule has 0 fully saturated rings. The van der Waals surface area contributed by atoms with Crippen LogP contribution in [-0.4, -0.2) is 44.3 Å². The lowest BCUT2D eigenvalue weighted by Crippen LogP contribution is -2.42. The second-order valence-electron chi connectivity index (χ2n) is 4.82. The summed E-state index contributed by atoms with van der Waals surface area (Å²) in [6, 6.07) is 0.866. The van der Waals surface area contributed by atoms with Gasteiger partial charge in [0, 0.05) is 32.3 Å². The van der Waals surface area contributed by atoms with E-state index in [0.717, 1.165) is 26.0 Å². The molecule has 2 unspecified atom stereocenters. The van der Waals surface area contributed by atoms with Crippen molar-refractivity contribution in [1.82, 2.24) is 4.90 Å². The fourth-order valence-corrected chi connectivity index (χ4v) is 1.63. The molecule has 0 aromatic carbocycles. The summed E-state index contributed by atoms with van der Waals surface area (Å²) >= 11 is 0. The van der Waals surface area contributed by atoms with Crippen LogP contribution >= 0.6 is 0 Å². The van der Waals surface area contributed by atoms with E-state index in [1.807, 2.05) is 0 Å². The van der Waals surface area contributed by atoms with Crippen LogP contribution in [0.5, 0.6) is 0 Å². The van der Waals surface area contributed by atoms with Crippen LogP contribution in [0.2, 0.25) is 0 Å². The van der Waals surface area contributed by atoms with Crippen molar-refractivity contribution in [1.29, 1.82) is 0 Å². The highest BCUT2D eigenvalue weighted by Gasteiger charge is 2.15. The molecule has 0 saturated heterocycles. The minimum atomic E-state index is 0.270. The van der Waals surface area contributed by atoms with Crippen molar-refractivity contribution < 1.29 is 4.74 Å². The topological polar surface area (TPSA) is 38.5 Å². The molecule has 0 spiro atoms. The fourth-order valence-electron chi connectivity index (χ4n) is 1.63. The Bertz CT molecular complexity index is 151. The smallest absolute Gasteiger partial charge is 0.0462 e. The van der Waals surface area contributed by atoms with E-state index in [1.54, 1.807) is 7.11 Å². The van der Waals surface area contributed by atoms with Crippen molar-refractivity contribution in [3.05, 3.63) is 0 Å². The normalized spacial score (nSPS) is 16.0. The maximum Gasteiger partial charge on any atom is 0.0462 e. The second-order valence-corrected chi connectivity index (χ2v) is 4.82. The molecule has 15 heavy (non-hydrogen) atoms. The van der Waals surface area contributed by atoms with E-state index in [1.165, 1.54) is 0 Å². The number of methoxy groups -OCH3 is 1. The highest BCUT2D eigenvalue weighted by Crippen LogP contribution is 2.09. The summed E-state index contributed by atoms with van der Waals surface area (Å²) in [5.74, 6) is 0.682. The molecule has 0 aliphatic rings. The maximum atomic E-state index is 6.06. The fraction of sp³-hybridized carbons (Fsp3) is 1.00. The van der Waals surface area contributed by atoms with Gasteiger partial charge in [-0.05, 0) is 32.7 Å². The molecule has 3 heteroatoms. The summed E-state index contributed by atoms with van der Waals surface area (Å²) < 4.78 is 5.01. The molecule has 0 amide bonds. The average Bonchev–Trinajstić information content (AvgIpc) is 2.16. The standard InChI is InChI=1S/C12H28N2O/c1-10(2)11(3)14(4)9-12(13)7-6-8-15-5/h10-12H,6-9,13H2,1-5H3. The second kappa shape index (κ2) is 8.08. The molecule has 92 valence electrons. The Morgan fingerprint density at radius 2 is 1.87 bits per heavy atom. The van der Waals surface area contributed by atoms with Crippen LogP contribution in [0.25, 0.3) is 0 Å². The molecule has 0 aliphatic heterocycles. The van der Waals surface area contributed by atoms with Crippen molar-refractivity contribution in [2.45, 2.75) is 45.7 Å². The van der Waals surface area contributed by atoms with Gasteiger partial charge in [-0.25, -0.2) is 0 Å². The van der Waals surface area contributed by atoms with Crippen molar-refractivity contribution in [3.63, 3.8) is 0 Å². The molecule has 0 aromatic heterocycles. The summed E-state index contributed by atoms with van der Waals surface area (Å²) in [6.07, 6.45) is 2.10. The van der Waals surface area contributed by atoms with Gasteiger partial charge in [0.1, 0.15) is 0 Å². The van der Waals surface area contributed by atoms with Crippen LogP contribution in [0, 0.1) is 5.92 Å². The monoisotopic (exact) mass is 216 g/mol. The minimum Gasteiger partial charge on any atom is -0.385 e. The third kappa shape index (κ3) is 6.88. The first-order valence-corrected chi connectivity index (χ1v) is 5.93. The van der Waals surface area contributed by atoms with Gasteiger partial charge in [-0.2, -0.15) is 0 Å². The Morgan fingerprint density at radius 1 is 1.27 bits per heavy atom. The molecule has 0 heterocycles. The summed E-state index contributed by atoms with van der Waals surface area (Å²) in [6.45, 7) is 8.54. The van der Waals surface area contributed by atoms with E-state index in [-0.39, 0.29) is 6.04 Å². The maximum absolute atomic E-state index is 6.06. The van der Waals surface area contributed by atoms with Crippen LogP contribution in [0.4, 0.5) is 0 Å². The van der Waals surface area contributed by atoms with Gasteiger partial charge < -0.3 is 15.4 Å². The number of hydrogen-bond donors (Lipinski definition) is 1. The summed E-state index contributed by atoms with van der Waals surface area (Å²) in [5.41, 5.74) is 6.06. The predicted octanol–water partition coefficient (Wildman–Crippen LogP) is 1.72. The first kappa shape index (κ1) is 14.9. The highest BCUT2D eigenvalue weighted by molar-refractivity contribution is 4.72. The van der Waals surface area contributed by atoms with E-state index >= 15 is 0 Å². The molecule has 0 saturated carbocycles. The Hall–Kier alpha value is -0.120. The van der Waals surface area contributed by atoms with Crippen LogP contribution in [-0.2, 0) is 4.74 Å². The van der Waals surface area contributed by atoms with Gasteiger partial charge in [-0.1, -0.05) is 13.8 Å². The lowest BCUT2D eigenvalue weighted by atomic mass is 10.0. The summed E-state index contributed by atoms with van der Waals surface area (Å²) in [7, 11) is 3.89. The molecule has 0 bridgehead atoms. The van der Waals surface area contributed by atoms with Gasteiger partial charge in [0.05, 0.1) is 0 Å².